The number of pyridine rings is 2. The molecule has 4 rings (SSSR count). The maximum Gasteiger partial charge on any atom is 0.139 e. The van der Waals surface area contributed by atoms with Crippen LogP contribution in [0.4, 0.5) is 10.1 Å². The average molecular weight is 586 g/mol. The number of carbonyl (C=O) groups is 1. The van der Waals surface area contributed by atoms with Gasteiger partial charge in [0.2, 0.25) is 0 Å². The molecule has 0 aromatic carbocycles. The van der Waals surface area contributed by atoms with Gasteiger partial charge in [0.15, 0.2) is 0 Å². The Bertz CT molecular complexity index is 1170. The molecule has 3 aromatic rings. The zero-order valence-electron chi connectivity index (χ0n) is 28.8. The predicted octanol–water partition coefficient (Wildman–Crippen LogP) is 8.69. The molecule has 4 heterocycles. The van der Waals surface area contributed by atoms with Gasteiger partial charge in [-0.1, -0.05) is 61.3 Å². The van der Waals surface area contributed by atoms with Gasteiger partial charge in [0.05, 0.1) is 5.69 Å². The Balaban J connectivity index is 0.000000622. The fraction of sp³-hybridized carbons (Fsp3) is 0.629. The van der Waals surface area contributed by atoms with E-state index >= 15 is 0 Å². The number of carbonyl (C=O) groups excluding carboxylic acids is 1. The van der Waals surface area contributed by atoms with Crippen molar-refractivity contribution in [3.05, 3.63) is 59.1 Å². The monoisotopic (exact) mass is 585 g/mol. The minimum atomic E-state index is -0.148. The summed E-state index contributed by atoms with van der Waals surface area (Å²) in [4.78, 5) is 21.2. The number of imidazole rings is 1. The molecular weight excluding hydrogens is 525 g/mol. The van der Waals surface area contributed by atoms with E-state index < -0.39 is 0 Å². The van der Waals surface area contributed by atoms with E-state index in [2.05, 4.69) is 53.9 Å². The van der Waals surface area contributed by atoms with E-state index in [4.69, 9.17) is 0 Å². The fourth-order valence-electron chi connectivity index (χ4n) is 4.77. The summed E-state index contributed by atoms with van der Waals surface area (Å²) in [6, 6.07) is 3.68. The number of aromatic nitrogens is 3. The summed E-state index contributed by atoms with van der Waals surface area (Å²) in [6.45, 7) is 27.7. The van der Waals surface area contributed by atoms with Crippen molar-refractivity contribution < 1.29 is 9.18 Å². The third-order valence-electron chi connectivity index (χ3n) is 6.52. The van der Waals surface area contributed by atoms with Gasteiger partial charge in [-0.3, -0.25) is 4.98 Å². The summed E-state index contributed by atoms with van der Waals surface area (Å²) in [6.07, 6.45) is 11.4. The van der Waals surface area contributed by atoms with Gasteiger partial charge in [-0.25, -0.2) is 9.37 Å². The summed E-state index contributed by atoms with van der Waals surface area (Å²) < 4.78 is 15.3. The number of aryl methyl sites for hydroxylation is 3. The van der Waals surface area contributed by atoms with Gasteiger partial charge >= 0.3 is 0 Å². The molecule has 0 radical (unpaired) electrons. The van der Waals surface area contributed by atoms with Crippen molar-refractivity contribution in [1.82, 2.24) is 19.7 Å². The van der Waals surface area contributed by atoms with E-state index in [1.54, 1.807) is 6.92 Å². The summed E-state index contributed by atoms with van der Waals surface area (Å²) in [7, 11) is 0. The highest BCUT2D eigenvalue weighted by atomic mass is 19.1. The Labute approximate surface area is 256 Å². The van der Waals surface area contributed by atoms with Crippen molar-refractivity contribution in [2.75, 3.05) is 24.5 Å². The van der Waals surface area contributed by atoms with Gasteiger partial charge in [0.1, 0.15) is 17.2 Å². The Kier molecular flexibility index (Phi) is 19.6. The van der Waals surface area contributed by atoms with E-state index in [9.17, 15) is 9.18 Å². The molecule has 6 nitrogen and oxygen atoms in total. The lowest BCUT2D eigenvalue weighted by Crippen LogP contribution is -2.57. The maximum absolute atomic E-state index is 13.5. The minimum Gasteiger partial charge on any atom is -0.368 e. The quantitative estimate of drug-likeness (QED) is 0.300. The molecule has 3 aromatic heterocycles. The topological polar surface area (TPSA) is 62.5 Å². The highest BCUT2D eigenvalue weighted by Gasteiger charge is 2.27. The zero-order chi connectivity index (χ0) is 32.3. The highest BCUT2D eigenvalue weighted by Crippen LogP contribution is 2.26. The molecule has 0 saturated carbocycles. The maximum atomic E-state index is 13.5. The van der Waals surface area contributed by atoms with Crippen LogP contribution in [0.3, 0.4) is 0 Å². The van der Waals surface area contributed by atoms with Crippen LogP contribution < -0.4 is 10.2 Å². The SMILES string of the molecule is CC.CC.CCCC(C)=O.CCCc1c(N2CCNC(C)(C)C2)ccnc1C.CCCc1cn2cc(C)nc2cc1F. The number of piperazine rings is 1. The first-order valence-corrected chi connectivity index (χ1v) is 16.1. The second-order valence-corrected chi connectivity index (χ2v) is 10.9. The van der Waals surface area contributed by atoms with Crippen molar-refractivity contribution in [2.45, 2.75) is 127 Å². The number of fused-ring (bicyclic) bond motifs is 1. The molecule has 42 heavy (non-hydrogen) atoms. The van der Waals surface area contributed by atoms with Gasteiger partial charge in [0, 0.05) is 73.2 Å². The number of anilines is 1. The van der Waals surface area contributed by atoms with E-state index in [0.29, 0.717) is 5.65 Å². The molecule has 0 unspecified atom stereocenters. The van der Waals surface area contributed by atoms with Gasteiger partial charge < -0.3 is 19.4 Å². The van der Waals surface area contributed by atoms with Crippen molar-refractivity contribution in [2.24, 2.45) is 0 Å². The second-order valence-electron chi connectivity index (χ2n) is 10.9. The number of nitrogens with zero attached hydrogens (tertiary/aromatic N) is 4. The first-order valence-electron chi connectivity index (χ1n) is 16.1. The van der Waals surface area contributed by atoms with Crippen LogP contribution in [-0.4, -0.2) is 45.3 Å². The molecule has 1 aliphatic rings. The molecule has 0 atom stereocenters. The van der Waals surface area contributed by atoms with E-state index in [-0.39, 0.29) is 17.1 Å². The van der Waals surface area contributed by atoms with Gasteiger partial charge in [-0.05, 0) is 65.5 Å². The van der Waals surface area contributed by atoms with Gasteiger partial charge in [-0.2, -0.15) is 0 Å². The Morgan fingerprint density at radius 3 is 2.19 bits per heavy atom. The predicted molar refractivity (Wildman–Crippen MR) is 179 cm³/mol. The lowest BCUT2D eigenvalue weighted by atomic mass is 9.99. The lowest BCUT2D eigenvalue weighted by Gasteiger charge is -2.41. The van der Waals surface area contributed by atoms with Crippen LogP contribution in [0.5, 0.6) is 0 Å². The van der Waals surface area contributed by atoms with Crippen molar-refractivity contribution >= 4 is 17.1 Å². The number of Topliss-reactive ketones (excluding diaryl/α,β-unsaturated/α-hetero) is 1. The van der Waals surface area contributed by atoms with Gasteiger partial charge in [-0.15, -0.1) is 0 Å². The summed E-state index contributed by atoms with van der Waals surface area (Å²) in [5.41, 5.74) is 6.55. The second kappa shape index (κ2) is 21.0. The smallest absolute Gasteiger partial charge is 0.139 e. The number of nitrogens with one attached hydrogen (secondary N) is 1. The van der Waals surface area contributed by atoms with Crippen molar-refractivity contribution in [3.63, 3.8) is 0 Å². The van der Waals surface area contributed by atoms with Crippen LogP contribution in [0.25, 0.3) is 5.65 Å². The summed E-state index contributed by atoms with van der Waals surface area (Å²) in [5, 5.41) is 3.57. The molecule has 1 fully saturated rings. The largest absolute Gasteiger partial charge is 0.368 e. The Morgan fingerprint density at radius 1 is 1.02 bits per heavy atom. The summed E-state index contributed by atoms with van der Waals surface area (Å²) in [5.74, 6) is 0.141. The molecule has 1 N–H and O–H groups in total. The Morgan fingerprint density at radius 2 is 1.67 bits per heavy atom. The van der Waals surface area contributed by atoms with Crippen LogP contribution in [0.15, 0.2) is 30.7 Å². The fourth-order valence-corrected chi connectivity index (χ4v) is 4.77. The standard InChI is InChI=1S/C15H25N3.C11H13FN2.C5H10O.2C2H6/c1-5-6-13-12(2)16-8-7-14(13)18-10-9-17-15(3,4)11-18;1-3-4-9-7-14-6-8(2)13-11(14)5-10(9)12;1-3-4-5(2)6;2*1-2/h7-8,17H,5-6,9-11H2,1-4H3;5-7H,3-4H2,1-2H3;3-4H2,1-2H3;2*1-2H3. The van der Waals surface area contributed by atoms with Crippen molar-refractivity contribution in [1.29, 1.82) is 0 Å². The van der Waals surface area contributed by atoms with Crippen LogP contribution >= 0.6 is 0 Å². The number of ketones is 1. The van der Waals surface area contributed by atoms with E-state index in [1.165, 1.54) is 29.4 Å². The molecule has 238 valence electrons. The summed E-state index contributed by atoms with van der Waals surface area (Å²) >= 11 is 0. The number of halogens is 1. The average Bonchev–Trinajstić information content (AvgIpc) is 3.31. The number of hydrogen-bond acceptors (Lipinski definition) is 5. The number of hydrogen-bond donors (Lipinski definition) is 1. The normalized spacial score (nSPS) is 13.3. The van der Waals surface area contributed by atoms with Crippen molar-refractivity contribution in [3.8, 4) is 0 Å². The third kappa shape index (κ3) is 13.5. The van der Waals surface area contributed by atoms with E-state index in [1.807, 2.05) is 71.5 Å². The first-order chi connectivity index (χ1) is 20.0. The van der Waals surface area contributed by atoms with Gasteiger partial charge in [0.25, 0.3) is 0 Å². The zero-order valence-corrected chi connectivity index (χ0v) is 28.8. The van der Waals surface area contributed by atoms with Crippen LogP contribution in [-0.2, 0) is 17.6 Å². The molecule has 0 amide bonds. The number of rotatable bonds is 7. The molecule has 0 bridgehead atoms. The van der Waals surface area contributed by atoms with Crippen LogP contribution in [0.1, 0.15) is 117 Å². The lowest BCUT2D eigenvalue weighted by molar-refractivity contribution is -0.117. The molecule has 1 saturated heterocycles. The minimum absolute atomic E-state index is 0.148. The van der Waals surface area contributed by atoms with E-state index in [0.717, 1.165) is 63.0 Å². The molecule has 1 aliphatic heterocycles. The molecule has 7 heteroatoms. The third-order valence-corrected chi connectivity index (χ3v) is 6.52. The van der Waals surface area contributed by atoms with Crippen LogP contribution in [0.2, 0.25) is 0 Å². The molecular formula is C35H60FN5O. The first kappa shape index (κ1) is 39.2. The highest BCUT2D eigenvalue weighted by molar-refractivity contribution is 5.75. The van der Waals surface area contributed by atoms with Crippen LogP contribution in [0, 0.1) is 19.7 Å². The molecule has 0 aliphatic carbocycles. The molecule has 0 spiro atoms. The Hall–Kier alpha value is -2.80.